The molecule has 0 bridgehead atoms. The summed E-state index contributed by atoms with van der Waals surface area (Å²) < 4.78 is 25.2. The second-order valence-electron chi connectivity index (χ2n) is 13.7. The number of aliphatic hydroxyl groups excluding tert-OH is 1. The Morgan fingerprint density at radius 1 is 0.800 bits per heavy atom. The zero-order valence-electron chi connectivity index (χ0n) is 28.8. The summed E-state index contributed by atoms with van der Waals surface area (Å²) in [6.45, 7) is 4.35. The number of carboxylic acids is 1. The highest BCUT2D eigenvalue weighted by Crippen LogP contribution is 2.40. The number of nitrogens with one attached hydrogen (secondary N) is 1. The molecule has 10 heteroatoms. The van der Waals surface area contributed by atoms with E-state index in [0.717, 1.165) is 91.5 Å². The van der Waals surface area contributed by atoms with Crippen LogP contribution in [0.25, 0.3) is 11.1 Å². The van der Waals surface area contributed by atoms with Gasteiger partial charge in [-0.05, 0) is 52.8 Å². The highest BCUT2D eigenvalue weighted by molar-refractivity contribution is 5.76. The fraction of sp³-hybridized carbons (Fsp3) is 0.500. The van der Waals surface area contributed by atoms with Gasteiger partial charge in [0.25, 0.3) is 0 Å². The van der Waals surface area contributed by atoms with E-state index < -0.39 is 18.0 Å². The monoisotopic (exact) mass is 686 g/mol. The largest absolute Gasteiger partial charge is 0.481 e. The third kappa shape index (κ3) is 9.99. The van der Waals surface area contributed by atoms with Gasteiger partial charge < -0.3 is 39.4 Å². The molecule has 3 aliphatic heterocycles. The summed E-state index contributed by atoms with van der Waals surface area (Å²) in [4.78, 5) is 25.5. The number of ether oxygens (including phenoxy) is 4. The predicted molar refractivity (Wildman–Crippen MR) is 188 cm³/mol. The van der Waals surface area contributed by atoms with Crippen molar-refractivity contribution in [1.82, 2.24) is 10.2 Å². The normalized spacial score (nSPS) is 22.1. The fourth-order valence-corrected chi connectivity index (χ4v) is 7.11. The van der Waals surface area contributed by atoms with E-state index in [1.807, 2.05) is 48.5 Å². The molecular weight excluding hydrogens is 636 g/mol. The van der Waals surface area contributed by atoms with Gasteiger partial charge in [0.1, 0.15) is 0 Å². The summed E-state index contributed by atoms with van der Waals surface area (Å²) in [5.41, 5.74) is 5.96. The van der Waals surface area contributed by atoms with Crippen LogP contribution in [0, 0.1) is 0 Å². The van der Waals surface area contributed by atoms with Crippen molar-refractivity contribution >= 4 is 11.9 Å². The molecule has 10 nitrogen and oxygen atoms in total. The standard InChI is InChI=1S/C40H50N2O8/c43-28-29-13-15-31(16-14-29)36-25-35(27-42-19-17-40(18-20-42)47-21-22-48-40)49-39(50-36)34-10-6-9-33(24-34)32-8-5-7-30(23-32)26-41-37(44)11-3-1-2-4-12-38(45)46/h5-10,13-16,23-24,35-36,39,43H,1-4,11-12,17-22,25-28H2,(H,41,44)(H,45,46)/t35-,36+,39+/m0/s1. The maximum absolute atomic E-state index is 12.4. The van der Waals surface area contributed by atoms with Crippen LogP contribution in [0.5, 0.6) is 0 Å². The molecule has 6 rings (SSSR count). The second-order valence-corrected chi connectivity index (χ2v) is 13.7. The lowest BCUT2D eigenvalue weighted by Crippen LogP contribution is -2.48. The number of piperidine rings is 1. The molecule has 3 aliphatic rings. The van der Waals surface area contributed by atoms with Gasteiger partial charge in [0.15, 0.2) is 12.1 Å². The lowest BCUT2D eigenvalue weighted by molar-refractivity contribution is -0.255. The van der Waals surface area contributed by atoms with Crippen molar-refractivity contribution < 1.29 is 38.7 Å². The molecule has 0 aliphatic carbocycles. The maximum atomic E-state index is 12.4. The van der Waals surface area contributed by atoms with Crippen LogP contribution in [0.4, 0.5) is 0 Å². The number of aliphatic carboxylic acids is 1. The molecule has 3 N–H and O–H groups in total. The average molecular weight is 687 g/mol. The maximum Gasteiger partial charge on any atom is 0.303 e. The number of amides is 1. The summed E-state index contributed by atoms with van der Waals surface area (Å²) in [5.74, 6) is -1.19. The Morgan fingerprint density at radius 3 is 2.22 bits per heavy atom. The zero-order chi connectivity index (χ0) is 34.8. The van der Waals surface area contributed by atoms with E-state index in [0.29, 0.717) is 32.6 Å². The number of likely N-dealkylation sites (tertiary alicyclic amines) is 1. The van der Waals surface area contributed by atoms with E-state index in [2.05, 4.69) is 34.5 Å². The first-order chi connectivity index (χ1) is 24.4. The summed E-state index contributed by atoms with van der Waals surface area (Å²) in [6, 6.07) is 24.4. The molecule has 1 amide bonds. The van der Waals surface area contributed by atoms with Gasteiger partial charge in [-0.25, -0.2) is 0 Å². The average Bonchev–Trinajstić information content (AvgIpc) is 3.61. The van der Waals surface area contributed by atoms with Crippen LogP contribution < -0.4 is 5.32 Å². The second kappa shape index (κ2) is 17.5. The lowest BCUT2D eigenvalue weighted by atomic mass is 9.97. The van der Waals surface area contributed by atoms with Crippen LogP contribution in [-0.2, 0) is 41.7 Å². The van der Waals surface area contributed by atoms with Gasteiger partial charge >= 0.3 is 5.97 Å². The van der Waals surface area contributed by atoms with Crippen molar-refractivity contribution in [2.45, 2.75) is 95.2 Å². The minimum Gasteiger partial charge on any atom is -0.481 e. The zero-order valence-corrected chi connectivity index (χ0v) is 28.8. The van der Waals surface area contributed by atoms with E-state index in [-0.39, 0.29) is 31.1 Å². The summed E-state index contributed by atoms with van der Waals surface area (Å²) >= 11 is 0. The molecule has 3 fully saturated rings. The number of hydrogen-bond donors (Lipinski definition) is 3. The molecule has 0 saturated carbocycles. The third-order valence-electron chi connectivity index (χ3n) is 9.96. The van der Waals surface area contributed by atoms with Gasteiger partial charge in [0, 0.05) is 63.8 Å². The first-order valence-electron chi connectivity index (χ1n) is 18.1. The van der Waals surface area contributed by atoms with Crippen molar-refractivity contribution in [2.24, 2.45) is 0 Å². The number of rotatable bonds is 15. The van der Waals surface area contributed by atoms with Gasteiger partial charge in [0.2, 0.25) is 5.91 Å². The van der Waals surface area contributed by atoms with Gasteiger partial charge in [-0.1, -0.05) is 73.5 Å². The van der Waals surface area contributed by atoms with E-state index in [4.69, 9.17) is 24.1 Å². The molecule has 3 atom stereocenters. The van der Waals surface area contributed by atoms with Crippen LogP contribution in [-0.4, -0.2) is 71.7 Å². The number of hydrogen-bond acceptors (Lipinski definition) is 8. The SMILES string of the molecule is O=C(O)CCCCCCC(=O)NCc1cccc(-c2cccc([C@@H]3O[C@H](CN4CCC5(CC4)OCCO5)C[C@H](c4ccc(CO)cc4)O3)c2)c1. The fourth-order valence-electron chi connectivity index (χ4n) is 7.11. The Hall–Kier alpha value is -3.64. The molecule has 50 heavy (non-hydrogen) atoms. The van der Waals surface area contributed by atoms with E-state index in [1.54, 1.807) is 0 Å². The lowest BCUT2D eigenvalue weighted by Gasteiger charge is -2.41. The highest BCUT2D eigenvalue weighted by atomic mass is 16.7. The van der Waals surface area contributed by atoms with Crippen LogP contribution in [0.3, 0.4) is 0 Å². The molecule has 3 heterocycles. The van der Waals surface area contributed by atoms with Crippen molar-refractivity contribution in [3.63, 3.8) is 0 Å². The third-order valence-corrected chi connectivity index (χ3v) is 9.96. The number of aliphatic hydroxyl groups is 1. The van der Waals surface area contributed by atoms with Gasteiger partial charge in [-0.2, -0.15) is 0 Å². The number of carbonyl (C=O) groups is 2. The molecule has 0 aromatic heterocycles. The Labute approximate surface area is 294 Å². The predicted octanol–water partition coefficient (Wildman–Crippen LogP) is 6.27. The molecule has 268 valence electrons. The van der Waals surface area contributed by atoms with E-state index in [9.17, 15) is 14.7 Å². The molecule has 3 saturated heterocycles. The quantitative estimate of drug-likeness (QED) is 0.159. The molecule has 3 aromatic carbocycles. The number of unbranched alkanes of at least 4 members (excludes halogenated alkanes) is 3. The Bertz CT molecular complexity index is 1550. The number of carbonyl (C=O) groups excluding carboxylic acids is 1. The molecule has 3 aromatic rings. The summed E-state index contributed by atoms with van der Waals surface area (Å²) in [6.07, 6.45) is 5.36. The Balaban J connectivity index is 1.09. The van der Waals surface area contributed by atoms with Crippen LogP contribution in [0.1, 0.15) is 92.4 Å². The van der Waals surface area contributed by atoms with E-state index in [1.165, 1.54) is 0 Å². The molecule has 0 unspecified atom stereocenters. The summed E-state index contributed by atoms with van der Waals surface area (Å²) in [7, 11) is 0. The van der Waals surface area contributed by atoms with Crippen molar-refractivity contribution in [3.05, 3.63) is 95.1 Å². The Morgan fingerprint density at radius 2 is 1.50 bits per heavy atom. The minimum atomic E-state index is -0.774. The molecule has 1 spiro atoms. The number of carboxylic acid groups (broad SMARTS) is 1. The van der Waals surface area contributed by atoms with Crippen molar-refractivity contribution in [3.8, 4) is 11.1 Å². The van der Waals surface area contributed by atoms with Crippen LogP contribution in [0.15, 0.2) is 72.8 Å². The summed E-state index contributed by atoms with van der Waals surface area (Å²) in [5, 5.41) is 21.4. The first kappa shape index (κ1) is 36.2. The van der Waals surface area contributed by atoms with Gasteiger partial charge in [0.05, 0.1) is 32.0 Å². The van der Waals surface area contributed by atoms with Crippen LogP contribution >= 0.6 is 0 Å². The van der Waals surface area contributed by atoms with E-state index >= 15 is 0 Å². The van der Waals surface area contributed by atoms with Gasteiger partial charge in [-0.3, -0.25) is 9.59 Å². The molecular formula is C40H50N2O8. The van der Waals surface area contributed by atoms with Gasteiger partial charge in [-0.15, -0.1) is 0 Å². The smallest absolute Gasteiger partial charge is 0.303 e. The molecule has 0 radical (unpaired) electrons. The number of nitrogens with zero attached hydrogens (tertiary/aromatic N) is 1. The first-order valence-corrected chi connectivity index (χ1v) is 18.1. The highest BCUT2D eigenvalue weighted by Gasteiger charge is 2.41. The number of benzene rings is 3. The Kier molecular flexibility index (Phi) is 12.7. The van der Waals surface area contributed by atoms with Crippen molar-refractivity contribution in [2.75, 3.05) is 32.8 Å². The van der Waals surface area contributed by atoms with Crippen LogP contribution in [0.2, 0.25) is 0 Å². The minimum absolute atomic E-state index is 0.00148. The topological polar surface area (TPSA) is 127 Å². The van der Waals surface area contributed by atoms with Crippen molar-refractivity contribution in [1.29, 1.82) is 0 Å².